The minimum atomic E-state index is -3.55. The third-order valence-corrected chi connectivity index (χ3v) is 6.17. The summed E-state index contributed by atoms with van der Waals surface area (Å²) in [6.45, 7) is 7.43. The largest absolute Gasteiger partial charge is 0.366 e. The topological polar surface area (TPSA) is 40.6 Å². The Morgan fingerprint density at radius 3 is 2.26 bits per heavy atom. The van der Waals surface area contributed by atoms with E-state index in [2.05, 4.69) is 18.7 Å². The molecule has 3 rings (SSSR count). The maximum absolute atomic E-state index is 13.1. The number of rotatable bonds is 3. The smallest absolute Gasteiger partial charge is 0.264 e. The summed E-state index contributed by atoms with van der Waals surface area (Å²) in [4.78, 5) is 2.59. The lowest BCUT2D eigenvalue weighted by atomic mass is 10.1. The van der Waals surface area contributed by atoms with Gasteiger partial charge in [0, 0.05) is 12.6 Å². The molecule has 1 atom stereocenters. The van der Waals surface area contributed by atoms with Crippen molar-refractivity contribution in [1.82, 2.24) is 0 Å². The van der Waals surface area contributed by atoms with Gasteiger partial charge in [-0.1, -0.05) is 29.8 Å². The molecule has 1 unspecified atom stereocenters. The maximum atomic E-state index is 13.1. The van der Waals surface area contributed by atoms with Crippen molar-refractivity contribution in [3.8, 4) is 0 Å². The number of likely N-dealkylation sites (N-methyl/N-ethyl adjacent to an activating group) is 1. The normalized spacial score (nSPS) is 18.0. The number of benzene rings is 2. The van der Waals surface area contributed by atoms with Crippen LogP contribution in [0, 0.1) is 6.92 Å². The molecule has 0 aromatic heterocycles. The summed E-state index contributed by atoms with van der Waals surface area (Å²) in [6, 6.07) is 14.9. The summed E-state index contributed by atoms with van der Waals surface area (Å²) in [5.74, 6) is 0. The summed E-state index contributed by atoms with van der Waals surface area (Å²) in [7, 11) is -3.55. The van der Waals surface area contributed by atoms with Crippen molar-refractivity contribution >= 4 is 21.4 Å². The van der Waals surface area contributed by atoms with E-state index in [4.69, 9.17) is 0 Å². The predicted octanol–water partition coefficient (Wildman–Crippen LogP) is 3.42. The molecule has 1 aliphatic rings. The Kier molecular flexibility index (Phi) is 4.06. The van der Waals surface area contributed by atoms with Gasteiger partial charge in [0.2, 0.25) is 0 Å². The van der Waals surface area contributed by atoms with Crippen molar-refractivity contribution < 1.29 is 8.42 Å². The van der Waals surface area contributed by atoms with E-state index in [1.54, 1.807) is 16.4 Å². The monoisotopic (exact) mass is 330 g/mol. The molecule has 0 radical (unpaired) electrons. The summed E-state index contributed by atoms with van der Waals surface area (Å²) in [5, 5.41) is 0. The van der Waals surface area contributed by atoms with Crippen LogP contribution in [0.5, 0.6) is 0 Å². The average Bonchev–Trinajstić information content (AvgIpc) is 2.54. The van der Waals surface area contributed by atoms with Crippen LogP contribution >= 0.6 is 0 Å². The van der Waals surface area contributed by atoms with E-state index in [9.17, 15) is 8.42 Å². The lowest BCUT2D eigenvalue weighted by Crippen LogP contribution is -2.49. The van der Waals surface area contributed by atoms with Gasteiger partial charge in [-0.15, -0.1) is 0 Å². The first-order valence-electron chi connectivity index (χ1n) is 7.90. The molecule has 23 heavy (non-hydrogen) atoms. The van der Waals surface area contributed by atoms with Crippen LogP contribution in [0.2, 0.25) is 0 Å². The lowest BCUT2D eigenvalue weighted by Gasteiger charge is -2.42. The zero-order chi connectivity index (χ0) is 16.6. The fourth-order valence-corrected chi connectivity index (χ4v) is 4.70. The van der Waals surface area contributed by atoms with E-state index in [0.717, 1.165) is 23.5 Å². The van der Waals surface area contributed by atoms with Crippen LogP contribution < -0.4 is 9.21 Å². The molecule has 5 heteroatoms. The van der Waals surface area contributed by atoms with Crippen LogP contribution in [-0.2, 0) is 10.0 Å². The fourth-order valence-electron chi connectivity index (χ4n) is 3.14. The first-order valence-corrected chi connectivity index (χ1v) is 9.34. The first kappa shape index (κ1) is 15.9. The average molecular weight is 330 g/mol. The molecule has 0 spiro atoms. The molecular weight excluding hydrogens is 308 g/mol. The van der Waals surface area contributed by atoms with Crippen LogP contribution in [0.3, 0.4) is 0 Å². The second-order valence-electron chi connectivity index (χ2n) is 5.97. The number of anilines is 2. The van der Waals surface area contributed by atoms with Crippen molar-refractivity contribution in [2.75, 3.05) is 22.3 Å². The molecule has 0 N–H and O–H groups in total. The van der Waals surface area contributed by atoms with Crippen molar-refractivity contribution in [2.24, 2.45) is 0 Å². The summed E-state index contributed by atoms with van der Waals surface area (Å²) in [6.07, 6.45) is 0. The summed E-state index contributed by atoms with van der Waals surface area (Å²) in [5.41, 5.74) is 2.78. The molecule has 122 valence electrons. The second-order valence-corrected chi connectivity index (χ2v) is 7.84. The predicted molar refractivity (Wildman–Crippen MR) is 94.6 cm³/mol. The van der Waals surface area contributed by atoms with Crippen molar-refractivity contribution in [3.63, 3.8) is 0 Å². The zero-order valence-corrected chi connectivity index (χ0v) is 14.5. The van der Waals surface area contributed by atoms with Crippen molar-refractivity contribution in [2.45, 2.75) is 31.7 Å². The Labute approximate surface area is 138 Å². The first-order chi connectivity index (χ1) is 10.9. The van der Waals surface area contributed by atoms with Gasteiger partial charge in [-0.3, -0.25) is 4.31 Å². The van der Waals surface area contributed by atoms with E-state index in [-0.39, 0.29) is 6.04 Å². The van der Waals surface area contributed by atoms with Gasteiger partial charge >= 0.3 is 0 Å². The molecular formula is C18H22N2O2S. The summed E-state index contributed by atoms with van der Waals surface area (Å²) >= 11 is 0. The Morgan fingerprint density at radius 1 is 1.04 bits per heavy atom. The van der Waals surface area contributed by atoms with Gasteiger partial charge in [-0.2, -0.15) is 0 Å². The molecule has 0 aliphatic carbocycles. The third-order valence-electron chi connectivity index (χ3n) is 4.37. The van der Waals surface area contributed by atoms with Crippen molar-refractivity contribution in [1.29, 1.82) is 0 Å². The highest BCUT2D eigenvalue weighted by molar-refractivity contribution is 7.92. The quantitative estimate of drug-likeness (QED) is 0.866. The fraction of sp³-hybridized carbons (Fsp3) is 0.333. The molecule has 2 aromatic carbocycles. The van der Waals surface area contributed by atoms with E-state index < -0.39 is 10.0 Å². The van der Waals surface area contributed by atoms with Crippen LogP contribution in [0.15, 0.2) is 53.4 Å². The SMILES string of the molecule is CCN1c2ccccc2N(S(=O)(=O)c2ccc(C)cc2)CC1C. The van der Waals surface area contributed by atoms with Gasteiger partial charge < -0.3 is 4.90 Å². The number of aryl methyl sites for hydroxylation is 1. The number of para-hydroxylation sites is 2. The number of sulfonamides is 1. The molecule has 0 saturated heterocycles. The highest BCUT2D eigenvalue weighted by Crippen LogP contribution is 2.38. The maximum Gasteiger partial charge on any atom is 0.264 e. The number of fused-ring (bicyclic) bond motifs is 1. The third kappa shape index (κ3) is 2.70. The van der Waals surface area contributed by atoms with Gasteiger partial charge in [-0.25, -0.2) is 8.42 Å². The number of hydrogen-bond acceptors (Lipinski definition) is 3. The minimum Gasteiger partial charge on any atom is -0.366 e. The van der Waals surface area contributed by atoms with Gasteiger partial charge in [0.05, 0.1) is 22.8 Å². The van der Waals surface area contributed by atoms with Gasteiger partial charge in [0.15, 0.2) is 0 Å². The van der Waals surface area contributed by atoms with Crippen LogP contribution in [0.4, 0.5) is 11.4 Å². The molecule has 0 saturated carbocycles. The minimum absolute atomic E-state index is 0.134. The highest BCUT2D eigenvalue weighted by atomic mass is 32.2. The highest BCUT2D eigenvalue weighted by Gasteiger charge is 2.34. The van der Waals surface area contributed by atoms with Crippen molar-refractivity contribution in [3.05, 3.63) is 54.1 Å². The lowest BCUT2D eigenvalue weighted by molar-refractivity contribution is 0.574. The van der Waals surface area contributed by atoms with E-state index >= 15 is 0 Å². The number of nitrogens with zero attached hydrogens (tertiary/aromatic N) is 2. The van der Waals surface area contributed by atoms with Crippen LogP contribution in [0.1, 0.15) is 19.4 Å². The molecule has 0 fully saturated rings. The Morgan fingerprint density at radius 2 is 1.65 bits per heavy atom. The standard InChI is InChI=1S/C18H22N2O2S/c1-4-19-15(3)13-20(18-8-6-5-7-17(18)19)23(21,22)16-11-9-14(2)10-12-16/h5-12,15H,4,13H2,1-3H3. The van der Waals surface area contributed by atoms with Gasteiger partial charge in [0.25, 0.3) is 10.0 Å². The van der Waals surface area contributed by atoms with Crippen LogP contribution in [-0.4, -0.2) is 27.5 Å². The van der Waals surface area contributed by atoms with Crippen LogP contribution in [0.25, 0.3) is 0 Å². The Balaban J connectivity index is 2.11. The van der Waals surface area contributed by atoms with Gasteiger partial charge in [-0.05, 0) is 45.0 Å². The Hall–Kier alpha value is -2.01. The molecule has 1 aliphatic heterocycles. The molecule has 0 bridgehead atoms. The molecule has 4 nitrogen and oxygen atoms in total. The van der Waals surface area contributed by atoms with E-state index in [1.165, 1.54) is 0 Å². The molecule has 0 amide bonds. The van der Waals surface area contributed by atoms with E-state index in [0.29, 0.717) is 11.4 Å². The zero-order valence-electron chi connectivity index (χ0n) is 13.7. The molecule has 1 heterocycles. The number of hydrogen-bond donors (Lipinski definition) is 0. The molecule has 2 aromatic rings. The summed E-state index contributed by atoms with van der Waals surface area (Å²) < 4.78 is 27.8. The van der Waals surface area contributed by atoms with Gasteiger partial charge in [0.1, 0.15) is 0 Å². The Bertz CT molecular complexity index is 800. The second kappa shape index (κ2) is 5.89. The van der Waals surface area contributed by atoms with E-state index in [1.807, 2.05) is 43.3 Å².